The number of H-pyrrole nitrogens is 1. The molecule has 0 fully saturated rings. The fourth-order valence-electron chi connectivity index (χ4n) is 2.71. The molecule has 1 heterocycles. The molecule has 0 unspecified atom stereocenters. The van der Waals surface area contributed by atoms with Crippen LogP contribution in [-0.2, 0) is 19.2 Å². The van der Waals surface area contributed by atoms with Crippen molar-refractivity contribution in [1.29, 1.82) is 0 Å². The molecule has 0 amide bonds. The number of nitrogens with one attached hydrogen (secondary N) is 1. The van der Waals surface area contributed by atoms with Crippen LogP contribution in [0.1, 0.15) is 0 Å². The average molecular weight is 362 g/mol. The number of aromatic amines is 1. The Kier molecular flexibility index (Phi) is 5.36. The number of rotatable bonds is 2. The van der Waals surface area contributed by atoms with Crippen LogP contribution in [0.15, 0.2) is 66.7 Å². The number of fused-ring (bicyclic) bond motifs is 2. The maximum absolute atomic E-state index is 4.23. The fraction of sp³-hybridized carbons (Fsp3) is 0. The SMILES string of the molecule is C=C1C=c2ccccc2=[C]1[Ti+2][c]1cc2ccccc2[nH]1.[Cl-].[Cl-]. The summed E-state index contributed by atoms with van der Waals surface area (Å²) in [5, 5.41) is 3.98. The minimum absolute atomic E-state index is 0. The van der Waals surface area contributed by atoms with Gasteiger partial charge in [0.1, 0.15) is 0 Å². The van der Waals surface area contributed by atoms with E-state index in [2.05, 4.69) is 72.2 Å². The van der Waals surface area contributed by atoms with Crippen molar-refractivity contribution in [2.24, 2.45) is 0 Å². The molecule has 0 aliphatic heterocycles. The standard InChI is InChI=1S/C10H7.C8H6N.2ClH.Ti/c1-8-6-9-4-2-3-5-10(9)7-8;1-2-4-8-7(3-1)5-6-9-8;;;/h2-6H,1H2;1-5,9H;2*1H;/q;;;;+2/p-2. The quantitative estimate of drug-likeness (QED) is 0.448. The second-order valence-electron chi connectivity index (χ2n) is 5.03. The monoisotopic (exact) mass is 361 g/mol. The first-order valence-corrected chi connectivity index (χ1v) is 8.22. The van der Waals surface area contributed by atoms with E-state index in [1.807, 2.05) is 0 Å². The summed E-state index contributed by atoms with van der Waals surface area (Å²) in [5.41, 5.74) is 2.41. The Balaban J connectivity index is 0.000000882. The number of hydrogen-bond acceptors (Lipinski definition) is 0. The smallest absolute Gasteiger partial charge is 1.00 e. The summed E-state index contributed by atoms with van der Waals surface area (Å²) in [4.78, 5) is 3.55. The van der Waals surface area contributed by atoms with Crippen LogP contribution in [0.4, 0.5) is 0 Å². The average Bonchev–Trinajstić information content (AvgIpc) is 3.00. The van der Waals surface area contributed by atoms with E-state index in [9.17, 15) is 0 Å². The second kappa shape index (κ2) is 6.89. The Hall–Kier alpha value is -1.25. The Bertz CT molecular complexity index is 923. The van der Waals surface area contributed by atoms with Crippen LogP contribution in [0, 0.1) is 0 Å². The molecule has 0 saturated carbocycles. The zero-order valence-corrected chi connectivity index (χ0v) is 14.8. The number of benzene rings is 2. The number of para-hydroxylation sites is 1. The van der Waals surface area contributed by atoms with Gasteiger partial charge in [0.15, 0.2) is 0 Å². The van der Waals surface area contributed by atoms with E-state index in [1.165, 1.54) is 34.8 Å². The summed E-state index contributed by atoms with van der Waals surface area (Å²) in [6.07, 6.45) is 2.21. The summed E-state index contributed by atoms with van der Waals surface area (Å²) in [7, 11) is 0. The third-order valence-corrected chi connectivity index (χ3v) is 5.82. The molecule has 2 aromatic carbocycles. The molecule has 1 N–H and O–H groups in total. The molecule has 1 aliphatic carbocycles. The molecule has 4 heteroatoms. The Morgan fingerprint density at radius 1 is 0.909 bits per heavy atom. The molecule has 0 saturated heterocycles. The molecule has 1 aromatic heterocycles. The van der Waals surface area contributed by atoms with Gasteiger partial charge in [-0.15, -0.1) is 0 Å². The molecular formula is C18H13Cl2NTi. The van der Waals surface area contributed by atoms with Gasteiger partial charge < -0.3 is 24.8 Å². The van der Waals surface area contributed by atoms with E-state index in [0.29, 0.717) is 0 Å². The molecule has 0 radical (unpaired) electrons. The van der Waals surface area contributed by atoms with Crippen molar-refractivity contribution in [3.63, 3.8) is 0 Å². The normalized spacial score (nSPS) is 12.0. The van der Waals surface area contributed by atoms with E-state index in [-0.39, 0.29) is 44.0 Å². The van der Waals surface area contributed by atoms with Gasteiger partial charge in [-0.1, -0.05) is 0 Å². The Morgan fingerprint density at radius 3 is 2.45 bits per heavy atom. The molecular weight excluding hydrogens is 349 g/mol. The first kappa shape index (κ1) is 17.1. The number of allylic oxidation sites excluding steroid dienone is 1. The minimum atomic E-state index is -0.378. The first-order chi connectivity index (χ1) is 9.81. The molecule has 108 valence electrons. The van der Waals surface area contributed by atoms with Gasteiger partial charge in [-0.25, -0.2) is 0 Å². The van der Waals surface area contributed by atoms with Crippen molar-refractivity contribution in [3.05, 3.63) is 77.2 Å². The van der Waals surface area contributed by atoms with Crippen LogP contribution in [-0.4, -0.2) is 4.98 Å². The van der Waals surface area contributed by atoms with Crippen molar-refractivity contribution in [1.82, 2.24) is 4.98 Å². The molecule has 1 aliphatic rings. The fourth-order valence-corrected chi connectivity index (χ4v) is 4.72. The maximum atomic E-state index is 4.23. The van der Waals surface area contributed by atoms with Gasteiger partial charge in [-0.3, -0.25) is 0 Å². The van der Waals surface area contributed by atoms with Crippen molar-refractivity contribution in [2.45, 2.75) is 0 Å². The van der Waals surface area contributed by atoms with Crippen LogP contribution in [0.25, 0.3) is 20.9 Å². The number of halogens is 2. The van der Waals surface area contributed by atoms with Crippen molar-refractivity contribution in [2.75, 3.05) is 0 Å². The third kappa shape index (κ3) is 2.95. The zero-order chi connectivity index (χ0) is 13.5. The van der Waals surface area contributed by atoms with Crippen molar-refractivity contribution >= 4 is 24.9 Å². The van der Waals surface area contributed by atoms with Gasteiger partial charge in [0.25, 0.3) is 0 Å². The van der Waals surface area contributed by atoms with E-state index in [4.69, 9.17) is 0 Å². The molecule has 0 bridgehead atoms. The van der Waals surface area contributed by atoms with Gasteiger partial charge in [0.05, 0.1) is 0 Å². The summed E-state index contributed by atoms with van der Waals surface area (Å²) < 4.78 is 2.82. The van der Waals surface area contributed by atoms with Crippen LogP contribution < -0.4 is 39.3 Å². The van der Waals surface area contributed by atoms with E-state index in [0.717, 1.165) is 0 Å². The Labute approximate surface area is 150 Å². The summed E-state index contributed by atoms with van der Waals surface area (Å²) in [5.74, 6) is 0. The Morgan fingerprint density at radius 2 is 1.64 bits per heavy atom. The van der Waals surface area contributed by atoms with Crippen molar-refractivity contribution < 1.29 is 44.0 Å². The number of hydrogen-bond donors (Lipinski definition) is 1. The maximum Gasteiger partial charge on any atom is -1.00 e. The van der Waals surface area contributed by atoms with Crippen LogP contribution in [0.3, 0.4) is 0 Å². The summed E-state index contributed by atoms with van der Waals surface area (Å²) >= 11 is -0.378. The van der Waals surface area contributed by atoms with Gasteiger partial charge in [-0.2, -0.15) is 0 Å². The van der Waals surface area contributed by atoms with Crippen molar-refractivity contribution in [3.8, 4) is 0 Å². The zero-order valence-electron chi connectivity index (χ0n) is 11.7. The molecule has 4 rings (SSSR count). The second-order valence-corrected chi connectivity index (χ2v) is 7.04. The molecule has 0 spiro atoms. The van der Waals surface area contributed by atoms with Crippen LogP contribution >= 0.6 is 0 Å². The minimum Gasteiger partial charge on any atom is -1.00 e. The molecule has 22 heavy (non-hydrogen) atoms. The predicted molar refractivity (Wildman–Crippen MR) is 80.6 cm³/mol. The number of aromatic nitrogens is 1. The predicted octanol–water partition coefficient (Wildman–Crippen LogP) is -3.96. The van der Waals surface area contributed by atoms with Gasteiger partial charge in [0, 0.05) is 0 Å². The molecule has 1 nitrogen and oxygen atoms in total. The van der Waals surface area contributed by atoms with Gasteiger partial charge in [-0.05, 0) is 0 Å². The van der Waals surface area contributed by atoms with E-state index in [1.54, 1.807) is 0 Å². The molecule has 3 aromatic rings. The third-order valence-electron chi connectivity index (χ3n) is 3.67. The van der Waals surface area contributed by atoms with Gasteiger partial charge >= 0.3 is 126 Å². The van der Waals surface area contributed by atoms with E-state index < -0.39 is 0 Å². The van der Waals surface area contributed by atoms with Crippen LogP contribution in [0.2, 0.25) is 0 Å². The van der Waals surface area contributed by atoms with E-state index >= 15 is 0 Å². The topological polar surface area (TPSA) is 15.8 Å². The first-order valence-electron chi connectivity index (χ1n) is 6.66. The summed E-state index contributed by atoms with van der Waals surface area (Å²) in [6, 6.07) is 19.3. The largest absolute Gasteiger partial charge is 1.00 e. The molecule has 0 atom stereocenters. The van der Waals surface area contributed by atoms with Crippen LogP contribution in [0.5, 0.6) is 0 Å². The summed E-state index contributed by atoms with van der Waals surface area (Å²) in [6.45, 7) is 4.23. The van der Waals surface area contributed by atoms with Gasteiger partial charge in [0.2, 0.25) is 0 Å².